The Hall–Kier alpha value is -2.63. The highest BCUT2D eigenvalue weighted by Gasteiger charge is 2.11. The Morgan fingerprint density at radius 3 is 2.33 bits per heavy atom. The van der Waals surface area contributed by atoms with Gasteiger partial charge in [0, 0.05) is 38.2 Å². The van der Waals surface area contributed by atoms with E-state index < -0.39 is 11.7 Å². The molecule has 1 aromatic heterocycles. The minimum atomic E-state index is -0.415. The van der Waals surface area contributed by atoms with Crippen molar-refractivity contribution < 1.29 is 9.18 Å². The molecule has 0 unspecified atom stereocenters. The average Bonchev–Trinajstić information content (AvgIpc) is 2.88. The van der Waals surface area contributed by atoms with Crippen LogP contribution in [-0.2, 0) is 0 Å². The summed E-state index contributed by atoms with van der Waals surface area (Å²) >= 11 is 12.2. The van der Waals surface area contributed by atoms with Gasteiger partial charge in [-0.25, -0.2) is 9.82 Å². The number of aryl methyl sites for hydroxylation is 1. The molecule has 0 saturated heterocycles. The highest BCUT2D eigenvalue weighted by Crippen LogP contribution is 2.26. The minimum Gasteiger partial charge on any atom is -0.318 e. The molecule has 0 spiro atoms. The van der Waals surface area contributed by atoms with Crippen molar-refractivity contribution in [3.63, 3.8) is 0 Å². The second-order valence-corrected chi connectivity index (χ2v) is 6.87. The zero-order chi connectivity index (χ0) is 19.6. The molecule has 0 aliphatic heterocycles. The van der Waals surface area contributed by atoms with Gasteiger partial charge in [0.2, 0.25) is 0 Å². The first kappa shape index (κ1) is 19.1. The lowest BCUT2D eigenvalue weighted by atomic mass is 10.2. The maximum atomic E-state index is 12.9. The number of amides is 1. The SMILES string of the molecule is Cc1cc(/C=N/NC(=O)c2ccc(F)cc2)c(C)n1-c1cc(Cl)cc(Cl)c1. The van der Waals surface area contributed by atoms with Crippen molar-refractivity contribution in [2.75, 3.05) is 0 Å². The zero-order valence-corrected chi connectivity index (χ0v) is 16.1. The van der Waals surface area contributed by atoms with E-state index >= 15 is 0 Å². The Morgan fingerprint density at radius 2 is 1.70 bits per heavy atom. The van der Waals surface area contributed by atoms with Crippen molar-refractivity contribution >= 4 is 35.3 Å². The largest absolute Gasteiger partial charge is 0.318 e. The summed E-state index contributed by atoms with van der Waals surface area (Å²) in [5.41, 5.74) is 6.34. The Bertz CT molecular complexity index is 1010. The lowest BCUT2D eigenvalue weighted by Crippen LogP contribution is -2.17. The number of rotatable bonds is 4. The molecule has 0 saturated carbocycles. The van der Waals surface area contributed by atoms with E-state index in [1.54, 1.807) is 12.3 Å². The number of benzene rings is 2. The van der Waals surface area contributed by atoms with E-state index in [4.69, 9.17) is 23.2 Å². The number of halogens is 3. The van der Waals surface area contributed by atoms with Crippen LogP contribution in [0.5, 0.6) is 0 Å². The van der Waals surface area contributed by atoms with Crippen LogP contribution in [-0.4, -0.2) is 16.7 Å². The summed E-state index contributed by atoms with van der Waals surface area (Å²) in [6, 6.07) is 12.5. The van der Waals surface area contributed by atoms with Gasteiger partial charge in [-0.15, -0.1) is 0 Å². The van der Waals surface area contributed by atoms with Crippen molar-refractivity contribution in [2.24, 2.45) is 5.10 Å². The molecule has 4 nitrogen and oxygen atoms in total. The summed E-state index contributed by atoms with van der Waals surface area (Å²) in [4.78, 5) is 12.0. The zero-order valence-electron chi connectivity index (χ0n) is 14.6. The van der Waals surface area contributed by atoms with Gasteiger partial charge in [0.1, 0.15) is 5.82 Å². The van der Waals surface area contributed by atoms with E-state index in [9.17, 15) is 9.18 Å². The number of nitrogens with one attached hydrogen (secondary N) is 1. The van der Waals surface area contributed by atoms with Gasteiger partial charge in [-0.3, -0.25) is 4.79 Å². The molecule has 1 N–H and O–H groups in total. The first-order valence-corrected chi connectivity index (χ1v) is 8.85. The smallest absolute Gasteiger partial charge is 0.271 e. The van der Waals surface area contributed by atoms with Crippen LogP contribution in [0.1, 0.15) is 27.3 Å². The van der Waals surface area contributed by atoms with Crippen LogP contribution in [0.3, 0.4) is 0 Å². The highest BCUT2D eigenvalue weighted by atomic mass is 35.5. The van der Waals surface area contributed by atoms with Gasteiger partial charge < -0.3 is 4.57 Å². The summed E-state index contributed by atoms with van der Waals surface area (Å²) in [5, 5.41) is 5.10. The molecule has 0 aliphatic rings. The molecule has 0 aliphatic carbocycles. The van der Waals surface area contributed by atoms with Gasteiger partial charge >= 0.3 is 0 Å². The lowest BCUT2D eigenvalue weighted by Gasteiger charge is -2.10. The van der Waals surface area contributed by atoms with Crippen LogP contribution in [0.2, 0.25) is 10.0 Å². The Balaban J connectivity index is 1.81. The monoisotopic (exact) mass is 403 g/mol. The van der Waals surface area contributed by atoms with Gasteiger partial charge in [-0.1, -0.05) is 23.2 Å². The predicted molar refractivity (Wildman–Crippen MR) is 107 cm³/mol. The molecule has 2 aromatic carbocycles. The maximum Gasteiger partial charge on any atom is 0.271 e. The van der Waals surface area contributed by atoms with Crippen molar-refractivity contribution in [3.05, 3.63) is 86.9 Å². The average molecular weight is 404 g/mol. The third-order valence-corrected chi connectivity index (χ3v) is 4.49. The van der Waals surface area contributed by atoms with E-state index in [0.29, 0.717) is 15.6 Å². The molecule has 1 heterocycles. The Labute approximate surface area is 166 Å². The van der Waals surface area contributed by atoms with Gasteiger partial charge in [0.15, 0.2) is 0 Å². The van der Waals surface area contributed by atoms with Gasteiger partial charge in [0.05, 0.1) is 6.21 Å². The molecule has 0 fully saturated rings. The fourth-order valence-electron chi connectivity index (χ4n) is 2.81. The summed E-state index contributed by atoms with van der Waals surface area (Å²) in [7, 11) is 0. The van der Waals surface area contributed by atoms with Crippen molar-refractivity contribution in [1.82, 2.24) is 9.99 Å². The number of carbonyl (C=O) groups is 1. The van der Waals surface area contributed by atoms with E-state index in [2.05, 4.69) is 10.5 Å². The standard InChI is InChI=1S/C20H16Cl2FN3O/c1-12-7-15(11-24-25-20(27)14-3-5-18(23)6-4-14)13(2)26(12)19-9-16(21)8-17(22)10-19/h3-11H,1-2H3,(H,25,27)/b24-11+. The molecule has 0 atom stereocenters. The van der Waals surface area contributed by atoms with Crippen LogP contribution >= 0.6 is 23.2 Å². The maximum absolute atomic E-state index is 12.9. The lowest BCUT2D eigenvalue weighted by molar-refractivity contribution is 0.0955. The van der Waals surface area contributed by atoms with Crippen LogP contribution in [0.25, 0.3) is 5.69 Å². The molecule has 0 bridgehead atoms. The van der Waals surface area contributed by atoms with Crippen LogP contribution in [0, 0.1) is 19.7 Å². The first-order chi connectivity index (χ1) is 12.8. The van der Waals surface area contributed by atoms with Crippen molar-refractivity contribution in [2.45, 2.75) is 13.8 Å². The fraction of sp³-hybridized carbons (Fsp3) is 0.100. The minimum absolute atomic E-state index is 0.326. The van der Waals surface area contributed by atoms with E-state index in [1.807, 2.05) is 36.6 Å². The molecule has 3 aromatic rings. The number of nitrogens with zero attached hydrogens (tertiary/aromatic N) is 2. The molecule has 1 amide bonds. The molecule has 0 radical (unpaired) electrons. The summed E-state index contributed by atoms with van der Waals surface area (Å²) < 4.78 is 14.9. The Kier molecular flexibility index (Phi) is 5.63. The van der Waals surface area contributed by atoms with Gasteiger partial charge in [-0.2, -0.15) is 5.10 Å². The normalized spacial score (nSPS) is 11.1. The molecular weight excluding hydrogens is 388 g/mol. The van der Waals surface area contributed by atoms with E-state index in [1.165, 1.54) is 24.3 Å². The number of hydrogen-bond acceptors (Lipinski definition) is 2. The van der Waals surface area contributed by atoms with Crippen LogP contribution in [0.15, 0.2) is 53.6 Å². The second kappa shape index (κ2) is 7.94. The first-order valence-electron chi connectivity index (χ1n) is 8.09. The summed E-state index contributed by atoms with van der Waals surface area (Å²) in [6.07, 6.45) is 1.56. The van der Waals surface area contributed by atoms with E-state index in [-0.39, 0.29) is 0 Å². The number of hydrogen-bond donors (Lipinski definition) is 1. The molecule has 3 rings (SSSR count). The topological polar surface area (TPSA) is 46.4 Å². The summed E-state index contributed by atoms with van der Waals surface area (Å²) in [5.74, 6) is -0.815. The third kappa shape index (κ3) is 4.38. The fourth-order valence-corrected chi connectivity index (χ4v) is 3.32. The Morgan fingerprint density at radius 1 is 1.07 bits per heavy atom. The summed E-state index contributed by atoms with van der Waals surface area (Å²) in [6.45, 7) is 3.89. The number of aromatic nitrogens is 1. The second-order valence-electron chi connectivity index (χ2n) is 6.00. The van der Waals surface area contributed by atoms with Crippen LogP contribution < -0.4 is 5.43 Å². The number of hydrazone groups is 1. The molecule has 138 valence electrons. The van der Waals surface area contributed by atoms with E-state index in [0.717, 1.165) is 22.6 Å². The molecular formula is C20H16Cl2FN3O. The van der Waals surface area contributed by atoms with Gasteiger partial charge in [-0.05, 0) is 62.4 Å². The molecule has 27 heavy (non-hydrogen) atoms. The number of carbonyl (C=O) groups excluding carboxylic acids is 1. The molecule has 7 heteroatoms. The highest BCUT2D eigenvalue weighted by molar-refractivity contribution is 6.34. The predicted octanol–water partition coefficient (Wildman–Crippen LogP) is 5.30. The van der Waals surface area contributed by atoms with Crippen molar-refractivity contribution in [3.8, 4) is 5.69 Å². The van der Waals surface area contributed by atoms with Crippen LogP contribution in [0.4, 0.5) is 4.39 Å². The third-order valence-electron chi connectivity index (χ3n) is 4.05. The quantitative estimate of drug-likeness (QED) is 0.465. The van der Waals surface area contributed by atoms with Gasteiger partial charge in [0.25, 0.3) is 5.91 Å². The van der Waals surface area contributed by atoms with Crippen molar-refractivity contribution in [1.29, 1.82) is 0 Å².